The summed E-state index contributed by atoms with van der Waals surface area (Å²) >= 11 is 0. The van der Waals surface area contributed by atoms with Gasteiger partial charge in [0.05, 0.1) is 7.11 Å². The summed E-state index contributed by atoms with van der Waals surface area (Å²) < 4.78 is 5.19. The minimum Gasteiger partial charge on any atom is -0.497 e. The molecule has 2 aromatic rings. The van der Waals surface area contributed by atoms with Crippen molar-refractivity contribution in [2.45, 2.75) is 31.8 Å². The number of methoxy groups -OCH3 is 1. The summed E-state index contributed by atoms with van der Waals surface area (Å²) in [5, 5.41) is 18.5. The van der Waals surface area contributed by atoms with Crippen LogP contribution >= 0.6 is 0 Å². The van der Waals surface area contributed by atoms with Gasteiger partial charge in [-0.3, -0.25) is 0 Å². The van der Waals surface area contributed by atoms with E-state index in [1.165, 1.54) is 36.0 Å². The Labute approximate surface area is 152 Å². The highest BCUT2D eigenvalue weighted by atomic mass is 16.5. The van der Waals surface area contributed by atoms with Crippen LogP contribution in [-0.4, -0.2) is 29.3 Å². The Morgan fingerprint density at radius 3 is 2.35 bits per heavy atom. The molecule has 0 fully saturated rings. The Kier molecular flexibility index (Phi) is 7.17. The predicted molar refractivity (Wildman–Crippen MR) is 97.2 cm³/mol. The molecule has 138 valence electrons. The normalized spacial score (nSPS) is 15.2. The zero-order valence-corrected chi connectivity index (χ0v) is 14.6. The van der Waals surface area contributed by atoms with Crippen molar-refractivity contribution in [3.8, 4) is 5.75 Å². The fourth-order valence-electron chi connectivity index (χ4n) is 2.95. The molecule has 0 bridgehead atoms. The Balaban J connectivity index is 0.000000352. The van der Waals surface area contributed by atoms with Gasteiger partial charge in [0.2, 0.25) is 0 Å². The number of aliphatic carboxylic acids is 2. The van der Waals surface area contributed by atoms with Crippen LogP contribution in [0.25, 0.3) is 0 Å². The Hall–Kier alpha value is -2.86. The zero-order chi connectivity index (χ0) is 18.9. The van der Waals surface area contributed by atoms with Crippen molar-refractivity contribution in [2.24, 2.45) is 0 Å². The highest BCUT2D eigenvalue weighted by Gasteiger charge is 2.18. The van der Waals surface area contributed by atoms with Gasteiger partial charge in [-0.15, -0.1) is 0 Å². The summed E-state index contributed by atoms with van der Waals surface area (Å²) in [5.41, 5.74) is 4.28. The fraction of sp³-hybridized carbons (Fsp3) is 0.300. The van der Waals surface area contributed by atoms with E-state index >= 15 is 0 Å². The van der Waals surface area contributed by atoms with Crippen molar-refractivity contribution in [3.63, 3.8) is 0 Å². The van der Waals surface area contributed by atoms with Gasteiger partial charge in [0, 0.05) is 12.6 Å². The van der Waals surface area contributed by atoms with Gasteiger partial charge in [-0.25, -0.2) is 9.59 Å². The first-order valence-electron chi connectivity index (χ1n) is 8.41. The zero-order valence-electron chi connectivity index (χ0n) is 14.6. The molecule has 0 aliphatic heterocycles. The van der Waals surface area contributed by atoms with Crippen LogP contribution in [0.4, 0.5) is 0 Å². The third kappa shape index (κ3) is 5.60. The number of hydrogen-bond acceptors (Lipinski definition) is 4. The number of aryl methyl sites for hydroxylation is 1. The fourth-order valence-corrected chi connectivity index (χ4v) is 2.95. The molecule has 0 saturated heterocycles. The number of carbonyl (C=O) groups is 2. The van der Waals surface area contributed by atoms with Crippen molar-refractivity contribution in [2.75, 3.05) is 7.11 Å². The average molecular weight is 357 g/mol. The third-order valence-corrected chi connectivity index (χ3v) is 4.26. The monoisotopic (exact) mass is 357 g/mol. The summed E-state index contributed by atoms with van der Waals surface area (Å²) in [6, 6.07) is 17.6. The minimum absolute atomic E-state index is 0.488. The lowest BCUT2D eigenvalue weighted by atomic mass is 9.87. The lowest BCUT2D eigenvalue weighted by molar-refractivity contribution is -0.159. The van der Waals surface area contributed by atoms with Gasteiger partial charge < -0.3 is 20.3 Å². The number of hydrogen-bond donors (Lipinski definition) is 3. The van der Waals surface area contributed by atoms with Crippen molar-refractivity contribution in [1.82, 2.24) is 5.32 Å². The van der Waals surface area contributed by atoms with Gasteiger partial charge in [0.15, 0.2) is 0 Å². The maximum absolute atomic E-state index is 9.10. The van der Waals surface area contributed by atoms with Crippen molar-refractivity contribution < 1.29 is 24.5 Å². The smallest absolute Gasteiger partial charge is 0.414 e. The molecule has 0 amide bonds. The molecule has 1 aliphatic carbocycles. The van der Waals surface area contributed by atoms with E-state index in [9.17, 15) is 0 Å². The molecule has 1 aliphatic rings. The van der Waals surface area contributed by atoms with Crippen LogP contribution < -0.4 is 10.1 Å². The molecule has 2 aromatic carbocycles. The highest BCUT2D eigenvalue weighted by Crippen LogP contribution is 2.29. The molecule has 3 N–H and O–H groups in total. The molecule has 1 unspecified atom stereocenters. The number of nitrogens with one attached hydrogen (secondary N) is 1. The number of fused-ring (bicyclic) bond motifs is 1. The molecule has 0 heterocycles. The van der Waals surface area contributed by atoms with Crippen molar-refractivity contribution in [1.29, 1.82) is 0 Å². The molecule has 0 saturated carbocycles. The largest absolute Gasteiger partial charge is 0.497 e. The predicted octanol–water partition coefficient (Wildman–Crippen LogP) is 3.02. The van der Waals surface area contributed by atoms with E-state index in [4.69, 9.17) is 24.5 Å². The van der Waals surface area contributed by atoms with Crippen LogP contribution in [0.3, 0.4) is 0 Å². The van der Waals surface area contributed by atoms with Crippen LogP contribution in [0, 0.1) is 0 Å². The molecule has 6 heteroatoms. The minimum atomic E-state index is -1.82. The summed E-state index contributed by atoms with van der Waals surface area (Å²) in [5.74, 6) is -2.73. The lowest BCUT2D eigenvalue weighted by Gasteiger charge is -2.26. The maximum Gasteiger partial charge on any atom is 0.414 e. The maximum atomic E-state index is 9.10. The van der Waals surface area contributed by atoms with Gasteiger partial charge >= 0.3 is 11.9 Å². The number of carboxylic acid groups (broad SMARTS) is 2. The third-order valence-electron chi connectivity index (χ3n) is 4.26. The van der Waals surface area contributed by atoms with Gasteiger partial charge in [0.1, 0.15) is 5.75 Å². The van der Waals surface area contributed by atoms with Crippen LogP contribution in [0.5, 0.6) is 5.75 Å². The van der Waals surface area contributed by atoms with E-state index in [0.717, 1.165) is 12.3 Å². The van der Waals surface area contributed by atoms with Crippen LogP contribution in [0.15, 0.2) is 48.5 Å². The van der Waals surface area contributed by atoms with E-state index in [1.807, 2.05) is 12.1 Å². The Bertz CT molecular complexity index is 730. The van der Waals surface area contributed by atoms with Crippen molar-refractivity contribution in [3.05, 3.63) is 65.2 Å². The van der Waals surface area contributed by atoms with Gasteiger partial charge in [-0.1, -0.05) is 36.4 Å². The molecular weight excluding hydrogens is 334 g/mol. The van der Waals surface area contributed by atoms with Crippen molar-refractivity contribution >= 4 is 11.9 Å². The summed E-state index contributed by atoms with van der Waals surface area (Å²) in [4.78, 5) is 18.2. The second kappa shape index (κ2) is 9.58. The molecule has 6 nitrogen and oxygen atoms in total. The summed E-state index contributed by atoms with van der Waals surface area (Å²) in [6.45, 7) is 0.906. The second-order valence-electron chi connectivity index (χ2n) is 5.98. The van der Waals surface area contributed by atoms with E-state index < -0.39 is 11.9 Å². The van der Waals surface area contributed by atoms with Crippen LogP contribution in [0.1, 0.15) is 35.6 Å². The summed E-state index contributed by atoms with van der Waals surface area (Å²) in [6.07, 6.45) is 3.72. The van der Waals surface area contributed by atoms with Gasteiger partial charge in [-0.2, -0.15) is 0 Å². The lowest BCUT2D eigenvalue weighted by Crippen LogP contribution is -2.24. The van der Waals surface area contributed by atoms with E-state index in [1.54, 1.807) is 7.11 Å². The molecule has 0 spiro atoms. The standard InChI is InChI=1S/C18H21NO.C2H2O4/c1-20-16-11-9-14(10-12-16)13-19-18-8-4-6-15-5-2-3-7-17(15)18;3-1(4)2(5)6/h2-3,5,7,9-12,18-19H,4,6,8,13H2,1H3;(H,3,4)(H,5,6). The Morgan fingerprint density at radius 1 is 1.08 bits per heavy atom. The molecule has 3 rings (SSSR count). The van der Waals surface area contributed by atoms with Crippen LogP contribution in [-0.2, 0) is 22.6 Å². The van der Waals surface area contributed by atoms with Crippen LogP contribution in [0.2, 0.25) is 0 Å². The van der Waals surface area contributed by atoms with Gasteiger partial charge in [0.25, 0.3) is 0 Å². The molecule has 0 radical (unpaired) electrons. The Morgan fingerprint density at radius 2 is 1.73 bits per heavy atom. The number of rotatable bonds is 4. The molecule has 0 aromatic heterocycles. The topological polar surface area (TPSA) is 95.9 Å². The average Bonchev–Trinajstić information content (AvgIpc) is 2.67. The quantitative estimate of drug-likeness (QED) is 0.728. The highest BCUT2D eigenvalue weighted by molar-refractivity contribution is 6.27. The number of benzene rings is 2. The number of ether oxygens (including phenoxy) is 1. The summed E-state index contributed by atoms with van der Waals surface area (Å²) in [7, 11) is 1.70. The van der Waals surface area contributed by atoms with Gasteiger partial charge in [-0.05, 0) is 48.1 Å². The second-order valence-corrected chi connectivity index (χ2v) is 5.98. The van der Waals surface area contributed by atoms with E-state index in [0.29, 0.717) is 6.04 Å². The molecular formula is C20H23NO5. The van der Waals surface area contributed by atoms with E-state index in [-0.39, 0.29) is 0 Å². The first-order valence-corrected chi connectivity index (χ1v) is 8.41. The molecule has 26 heavy (non-hydrogen) atoms. The SMILES string of the molecule is COc1ccc(CNC2CCCc3ccccc32)cc1.O=C(O)C(=O)O. The molecule has 1 atom stereocenters. The first-order chi connectivity index (χ1) is 12.5. The van der Waals surface area contributed by atoms with E-state index in [2.05, 4.69) is 41.7 Å². The first kappa shape index (κ1) is 19.5. The number of carboxylic acids is 2.